The number of hydrogen-bond donors (Lipinski definition) is 14. The van der Waals surface area contributed by atoms with Gasteiger partial charge in [0.1, 0.15) is 23.9 Å². The summed E-state index contributed by atoms with van der Waals surface area (Å²) in [5, 5.41) is 60.3. The third-order valence-electron chi connectivity index (χ3n) is 10.8. The van der Waals surface area contributed by atoms with Crippen molar-refractivity contribution >= 4 is 115 Å². The zero-order valence-electron chi connectivity index (χ0n) is 41.2. The highest BCUT2D eigenvalue weighted by Crippen LogP contribution is 2.23. The molecular formula is C45H59N13O17S2. The van der Waals surface area contributed by atoms with Crippen molar-refractivity contribution in [3.05, 3.63) is 52.1 Å². The predicted molar refractivity (Wildman–Crippen MR) is 276 cm³/mol. The second kappa shape index (κ2) is 31.5. The maximum absolute atomic E-state index is 13.9. The van der Waals surface area contributed by atoms with E-state index in [4.69, 9.17) is 17.2 Å². The number of carbonyl (C=O) groups is 11. The maximum atomic E-state index is 13.9. The summed E-state index contributed by atoms with van der Waals surface area (Å²) in [7, 11) is 2.44. The number of H-pyrrole nitrogens is 1. The molecule has 3 aromatic rings. The number of ketones is 2. The number of Topliss-reactive ketones (excluding diaryl/α,β-unsaturated/α-hetero) is 2. The summed E-state index contributed by atoms with van der Waals surface area (Å²) in [5.74, 6) is -17.7. The van der Waals surface area contributed by atoms with Crippen molar-refractivity contribution in [2.75, 3.05) is 29.1 Å². The second-order valence-corrected chi connectivity index (χ2v) is 19.6. The number of aliphatic imine (C=N–C) groups is 1. The average Bonchev–Trinajstić information content (AvgIpc) is 3.35. The van der Waals surface area contributed by atoms with E-state index in [0.717, 1.165) is 17.2 Å². The monoisotopic (exact) mass is 1120 g/mol. The van der Waals surface area contributed by atoms with E-state index in [9.17, 15) is 83.1 Å². The quantitative estimate of drug-likeness (QED) is 0.0141. The summed E-state index contributed by atoms with van der Waals surface area (Å²) in [4.78, 5) is 171. The van der Waals surface area contributed by atoms with Gasteiger partial charge in [-0.25, -0.2) is 19.6 Å². The Labute approximate surface area is 444 Å². The number of hydrogen-bond acceptors (Lipinski definition) is 20. The van der Waals surface area contributed by atoms with Crippen LogP contribution in [0.2, 0.25) is 0 Å². The summed E-state index contributed by atoms with van der Waals surface area (Å²) in [6, 6.07) is -1.00. The first-order valence-corrected chi connectivity index (χ1v) is 25.9. The fraction of sp³-hybridized carbons (Fsp3) is 0.467. The maximum Gasteiger partial charge on any atom is 0.327 e. The highest BCUT2D eigenvalue weighted by atomic mass is 33.1. The Balaban J connectivity index is 1.71. The van der Waals surface area contributed by atoms with E-state index in [2.05, 4.69) is 51.5 Å². The van der Waals surface area contributed by atoms with Crippen LogP contribution >= 0.6 is 21.6 Å². The smallest absolute Gasteiger partial charge is 0.327 e. The molecule has 32 heteroatoms. The molecule has 0 unspecified atom stereocenters. The molecule has 2 aromatic heterocycles. The van der Waals surface area contributed by atoms with Gasteiger partial charge in [0.25, 0.3) is 11.5 Å². The lowest BCUT2D eigenvalue weighted by molar-refractivity contribution is -0.145. The number of nitrogens with one attached hydrogen (secondary N) is 6. The summed E-state index contributed by atoms with van der Waals surface area (Å²) in [5.41, 5.74) is 16.6. The molecular weight excluding hydrogens is 1060 g/mol. The molecule has 0 saturated carbocycles. The van der Waals surface area contributed by atoms with E-state index in [0.29, 0.717) is 17.1 Å². The Morgan fingerprint density at radius 3 is 1.88 bits per heavy atom. The minimum absolute atomic E-state index is 0.0206. The number of nitrogens with zero attached hydrogens (tertiary/aromatic N) is 4. The molecule has 0 fully saturated rings. The van der Waals surface area contributed by atoms with Crippen LogP contribution in [0.15, 0.2) is 40.2 Å². The first kappa shape index (κ1) is 62.9. The van der Waals surface area contributed by atoms with Crippen molar-refractivity contribution in [3.63, 3.8) is 0 Å². The Kier molecular flexibility index (Phi) is 25.7. The fourth-order valence-corrected chi connectivity index (χ4v) is 9.27. The molecule has 0 aliphatic heterocycles. The summed E-state index contributed by atoms with van der Waals surface area (Å²) in [6.07, 6.45) is -4.20. The van der Waals surface area contributed by atoms with Gasteiger partial charge in [0.05, 0.1) is 55.6 Å². The van der Waals surface area contributed by atoms with E-state index >= 15 is 0 Å². The number of aromatic nitrogens is 4. The minimum atomic E-state index is -1.95. The molecule has 0 spiro atoms. The Morgan fingerprint density at radius 2 is 1.30 bits per heavy atom. The molecule has 3 rings (SSSR count). The number of nitrogens with two attached hydrogens (primary N) is 3. The topological polar surface area (TPSA) is 511 Å². The molecule has 0 bridgehead atoms. The lowest BCUT2D eigenvalue weighted by atomic mass is 9.91. The van der Waals surface area contributed by atoms with Crippen LogP contribution in [0.4, 0.5) is 11.6 Å². The van der Waals surface area contributed by atoms with E-state index in [1.54, 1.807) is 0 Å². The van der Waals surface area contributed by atoms with Gasteiger partial charge in [0, 0.05) is 48.6 Å². The van der Waals surface area contributed by atoms with Crippen LogP contribution in [-0.2, 0) is 54.5 Å². The third kappa shape index (κ3) is 22.5. The third-order valence-corrected chi connectivity index (χ3v) is 13.4. The normalized spacial score (nSPS) is 13.3. The van der Waals surface area contributed by atoms with Crippen molar-refractivity contribution in [2.24, 2.45) is 28.3 Å². The van der Waals surface area contributed by atoms with Gasteiger partial charge in [-0.05, 0) is 49.9 Å². The highest BCUT2D eigenvalue weighted by Gasteiger charge is 2.35. The van der Waals surface area contributed by atoms with E-state index in [-0.39, 0.29) is 60.3 Å². The largest absolute Gasteiger partial charge is 0.481 e. The number of benzene rings is 1. The molecule has 2 heterocycles. The molecule has 6 atom stereocenters. The van der Waals surface area contributed by atoms with Gasteiger partial charge in [0.2, 0.25) is 23.7 Å². The summed E-state index contributed by atoms with van der Waals surface area (Å²) < 4.78 is 0. The number of rotatable bonds is 36. The zero-order valence-corrected chi connectivity index (χ0v) is 42.9. The Morgan fingerprint density at radius 1 is 0.701 bits per heavy atom. The van der Waals surface area contributed by atoms with Gasteiger partial charge in [0.15, 0.2) is 22.9 Å². The van der Waals surface area contributed by atoms with Crippen molar-refractivity contribution in [1.29, 1.82) is 0 Å². The van der Waals surface area contributed by atoms with Gasteiger partial charge in [-0.2, -0.15) is 4.98 Å². The van der Waals surface area contributed by atoms with E-state index in [1.807, 2.05) is 6.92 Å². The first-order valence-electron chi connectivity index (χ1n) is 23.4. The van der Waals surface area contributed by atoms with Crippen LogP contribution in [0.5, 0.6) is 0 Å². The molecule has 0 aliphatic carbocycles. The van der Waals surface area contributed by atoms with Crippen LogP contribution in [-0.4, -0.2) is 159 Å². The lowest BCUT2D eigenvalue weighted by Gasteiger charge is -2.24. The Hall–Kier alpha value is -8.42. The fourth-order valence-electron chi connectivity index (χ4n) is 6.98. The number of nitrogen functional groups attached to an aromatic ring is 1. The van der Waals surface area contributed by atoms with Crippen LogP contribution in [0, 0.1) is 11.8 Å². The van der Waals surface area contributed by atoms with Gasteiger partial charge in [-0.15, -0.1) is 0 Å². The molecule has 4 amide bonds. The van der Waals surface area contributed by atoms with Crippen LogP contribution in [0.25, 0.3) is 11.2 Å². The number of carboxylic acids is 5. The van der Waals surface area contributed by atoms with Crippen molar-refractivity contribution in [2.45, 2.75) is 102 Å². The number of carboxylic acid groups (broad SMARTS) is 5. The molecule has 0 radical (unpaired) electrons. The molecule has 17 N–H and O–H groups in total. The number of carbonyl (C=O) groups excluding carboxylic acids is 6. The summed E-state index contributed by atoms with van der Waals surface area (Å²) >= 11 is 0. The van der Waals surface area contributed by atoms with Gasteiger partial charge in [-0.3, -0.25) is 57.9 Å². The SMILES string of the molecule is CCCSSC[C@H](NC(=O)[C@H](CC(=O)O)NC(=O)[C@H](CC(=O)O)CC(=O)[C@H](CCCN=C(N)N)NC(=O)[C@H](CC(=O)O)CC(=O)CC[C@H](NC(=O)c1ccc(NCc2cnc3nc(N)[nH]c(=O)c3n2)cc1)C(=O)O)C(=O)O. The lowest BCUT2D eigenvalue weighted by Crippen LogP contribution is -2.54. The molecule has 418 valence electrons. The average molecular weight is 1120 g/mol. The van der Waals surface area contributed by atoms with Gasteiger partial charge in [-0.1, -0.05) is 28.5 Å². The number of aliphatic carboxylic acids is 5. The van der Waals surface area contributed by atoms with Gasteiger partial charge >= 0.3 is 29.8 Å². The van der Waals surface area contributed by atoms with Crippen LogP contribution < -0.4 is 49.3 Å². The first-order chi connectivity index (χ1) is 36.4. The molecule has 30 nitrogen and oxygen atoms in total. The summed E-state index contributed by atoms with van der Waals surface area (Å²) in [6.45, 7) is 1.86. The number of aromatic amines is 1. The van der Waals surface area contributed by atoms with Gasteiger partial charge < -0.3 is 69.3 Å². The number of guanidine groups is 1. The molecule has 0 saturated heterocycles. The van der Waals surface area contributed by atoms with Crippen LogP contribution in [0.3, 0.4) is 0 Å². The highest BCUT2D eigenvalue weighted by molar-refractivity contribution is 8.76. The van der Waals surface area contributed by atoms with Crippen molar-refractivity contribution < 1.29 is 78.3 Å². The standard InChI is InChI=1S/C45H59N13O17S2/c1-2-12-76-77-20-30(43(74)75)56-40(70)29(17-34(65)66)55-39(69)23(16-33(63)64)14-31(60)27(4-3-11-49-44(46)47)53-38(68)22(15-32(61)62)13-26(59)9-10-28(42(72)73)54-37(67)21-5-7-24(8-6-21)50-18-25-19-51-36-35(52-25)41(71)58-45(48)57-36/h5-8,19,22-23,27-30,50H,2-4,9-18,20H2,1H3,(H,53,68)(H,54,67)(H,55,69)(H,56,70)(H,61,62)(H,63,64)(H,65,66)(H,72,73)(H,74,75)(H4,46,47,49)(H3,48,51,57,58,71)/t22-,23-,27-,28-,29-,30-/m0/s1. The number of fused-ring (bicyclic) bond motifs is 1. The van der Waals surface area contributed by atoms with Crippen molar-refractivity contribution in [3.8, 4) is 0 Å². The van der Waals surface area contributed by atoms with E-state index < -0.39 is 152 Å². The molecule has 1 aromatic carbocycles. The minimum Gasteiger partial charge on any atom is -0.481 e. The molecule has 77 heavy (non-hydrogen) atoms. The van der Waals surface area contributed by atoms with Crippen molar-refractivity contribution in [1.82, 2.24) is 41.2 Å². The second-order valence-electron chi connectivity index (χ2n) is 17.0. The van der Waals surface area contributed by atoms with Crippen LogP contribution in [0.1, 0.15) is 87.2 Å². The number of amides is 4. The Bertz CT molecular complexity index is 2740. The zero-order chi connectivity index (χ0) is 57.4. The molecule has 0 aliphatic rings. The number of anilines is 2. The predicted octanol–water partition coefficient (Wildman–Crippen LogP) is -1.17. The van der Waals surface area contributed by atoms with E-state index in [1.165, 1.54) is 41.3 Å².